The minimum absolute atomic E-state index is 0.0299. The van der Waals surface area contributed by atoms with Crippen LogP contribution in [0.1, 0.15) is 45.9 Å². The number of halogens is 3. The Labute approximate surface area is 177 Å². The molecule has 0 aliphatic rings. The van der Waals surface area contributed by atoms with E-state index in [1.807, 2.05) is 27.7 Å². The van der Waals surface area contributed by atoms with Crippen LogP contribution in [-0.2, 0) is 15.8 Å². The number of rotatable bonds is 6. The zero-order chi connectivity index (χ0) is 22.6. The maximum Gasteiger partial charge on any atom is 0.416 e. The minimum Gasteiger partial charge on any atom is -0.334 e. The van der Waals surface area contributed by atoms with Crippen LogP contribution in [0.5, 0.6) is 0 Å². The third-order valence-corrected chi connectivity index (χ3v) is 5.06. The summed E-state index contributed by atoms with van der Waals surface area (Å²) in [5.41, 5.74) is -0.339. The van der Waals surface area contributed by atoms with Gasteiger partial charge in [0.25, 0.3) is 0 Å². The van der Waals surface area contributed by atoms with Gasteiger partial charge >= 0.3 is 6.18 Å². The van der Waals surface area contributed by atoms with Crippen LogP contribution in [-0.4, -0.2) is 33.8 Å². The molecule has 0 aliphatic carbocycles. The molecule has 30 heavy (non-hydrogen) atoms. The Morgan fingerprint density at radius 2 is 1.77 bits per heavy atom. The largest absolute Gasteiger partial charge is 0.416 e. The average Bonchev–Trinajstić information content (AvgIpc) is 3.07. The van der Waals surface area contributed by atoms with E-state index in [1.165, 1.54) is 31.2 Å². The van der Waals surface area contributed by atoms with Gasteiger partial charge in [0.2, 0.25) is 11.8 Å². The number of benzene rings is 1. The molecular weight excluding hydrogens is 415 g/mol. The lowest BCUT2D eigenvalue weighted by atomic mass is 10.2. The monoisotopic (exact) mass is 439 g/mol. The first kappa shape index (κ1) is 23.6. The molecular formula is C21H24F3N3O2S. The van der Waals surface area contributed by atoms with Crippen LogP contribution in [0.2, 0.25) is 0 Å². The third-order valence-electron chi connectivity index (χ3n) is 4.21. The minimum atomic E-state index is -4.52. The summed E-state index contributed by atoms with van der Waals surface area (Å²) in [5, 5.41) is 1.86. The smallest absolute Gasteiger partial charge is 0.334 e. The molecule has 0 atom stereocenters. The Morgan fingerprint density at radius 3 is 2.30 bits per heavy atom. The van der Waals surface area contributed by atoms with Gasteiger partial charge in [-0.3, -0.25) is 14.5 Å². The Morgan fingerprint density at radius 1 is 1.13 bits per heavy atom. The summed E-state index contributed by atoms with van der Waals surface area (Å²) in [7, 11) is 0. The van der Waals surface area contributed by atoms with E-state index in [0.29, 0.717) is 5.69 Å². The Kier molecular flexibility index (Phi) is 7.41. The molecule has 1 heterocycles. The molecule has 0 saturated heterocycles. The second-order valence-electron chi connectivity index (χ2n) is 7.22. The van der Waals surface area contributed by atoms with E-state index in [0.717, 1.165) is 28.4 Å². The number of aromatic nitrogens is 1. The molecule has 2 aromatic rings. The molecule has 2 amide bonds. The Balaban J connectivity index is 2.30. The van der Waals surface area contributed by atoms with Crippen molar-refractivity contribution in [3.8, 4) is 0 Å². The fourth-order valence-corrected chi connectivity index (χ4v) is 3.91. The van der Waals surface area contributed by atoms with Crippen molar-refractivity contribution in [2.45, 2.75) is 52.9 Å². The van der Waals surface area contributed by atoms with Crippen molar-refractivity contribution in [3.05, 3.63) is 47.0 Å². The fourth-order valence-electron chi connectivity index (χ4n) is 3.05. The summed E-state index contributed by atoms with van der Waals surface area (Å²) in [4.78, 5) is 31.7. The van der Waals surface area contributed by atoms with Gasteiger partial charge < -0.3 is 4.90 Å². The van der Waals surface area contributed by atoms with Crippen molar-refractivity contribution in [2.75, 3.05) is 4.90 Å². The van der Waals surface area contributed by atoms with Gasteiger partial charge in [0.15, 0.2) is 5.13 Å². The van der Waals surface area contributed by atoms with Crippen molar-refractivity contribution in [3.63, 3.8) is 0 Å². The SMILES string of the molecule is CC(=O)N(c1cccc(C(F)(F)F)c1)c1nc(C=CC(=O)N(C(C)C)C(C)C)cs1. The highest BCUT2D eigenvalue weighted by atomic mass is 32.1. The lowest BCUT2D eigenvalue weighted by Crippen LogP contribution is -2.41. The number of nitrogens with zero attached hydrogens (tertiary/aromatic N) is 3. The quantitative estimate of drug-likeness (QED) is 0.558. The van der Waals surface area contributed by atoms with E-state index in [2.05, 4.69) is 4.98 Å². The van der Waals surface area contributed by atoms with Gasteiger partial charge in [-0.1, -0.05) is 6.07 Å². The second kappa shape index (κ2) is 9.42. The van der Waals surface area contributed by atoms with Crippen LogP contribution in [0.15, 0.2) is 35.7 Å². The Hall–Kier alpha value is -2.68. The van der Waals surface area contributed by atoms with Crippen molar-refractivity contribution in [2.24, 2.45) is 0 Å². The third kappa shape index (κ3) is 5.69. The number of amides is 2. The van der Waals surface area contributed by atoms with Gasteiger partial charge in [-0.25, -0.2) is 4.98 Å². The average molecular weight is 440 g/mol. The number of alkyl halides is 3. The highest BCUT2D eigenvalue weighted by Gasteiger charge is 2.31. The van der Waals surface area contributed by atoms with Gasteiger partial charge in [0.1, 0.15) is 0 Å². The van der Waals surface area contributed by atoms with E-state index in [1.54, 1.807) is 10.3 Å². The van der Waals surface area contributed by atoms with Crippen LogP contribution >= 0.6 is 11.3 Å². The molecule has 0 spiro atoms. The first-order valence-corrected chi connectivity index (χ1v) is 10.2. The standard InChI is InChI=1S/C21H24F3N3O2S/c1-13(2)26(14(3)4)19(29)10-9-17-12-30-20(25-17)27(15(5)28)18-8-6-7-16(11-18)21(22,23)24/h6-14H,1-5H3. The topological polar surface area (TPSA) is 53.5 Å². The molecule has 0 saturated carbocycles. The van der Waals surface area contributed by atoms with Gasteiger partial charge in [-0.15, -0.1) is 11.3 Å². The normalized spacial score (nSPS) is 12.1. The van der Waals surface area contributed by atoms with Crippen molar-refractivity contribution in [1.82, 2.24) is 9.88 Å². The van der Waals surface area contributed by atoms with Gasteiger partial charge in [-0.2, -0.15) is 13.2 Å². The number of hydrogen-bond donors (Lipinski definition) is 0. The lowest BCUT2D eigenvalue weighted by Gasteiger charge is -2.29. The Bertz CT molecular complexity index is 928. The zero-order valence-corrected chi connectivity index (χ0v) is 18.2. The molecule has 0 unspecified atom stereocenters. The predicted octanol–water partition coefficient (Wildman–Crippen LogP) is 5.51. The van der Waals surface area contributed by atoms with Gasteiger partial charge in [0.05, 0.1) is 16.9 Å². The van der Waals surface area contributed by atoms with Crippen molar-refractivity contribution >= 4 is 40.0 Å². The molecule has 2 rings (SSSR count). The van der Waals surface area contributed by atoms with E-state index in [9.17, 15) is 22.8 Å². The van der Waals surface area contributed by atoms with Crippen molar-refractivity contribution < 1.29 is 22.8 Å². The van der Waals surface area contributed by atoms with E-state index < -0.39 is 17.6 Å². The van der Waals surface area contributed by atoms with Crippen molar-refractivity contribution in [1.29, 1.82) is 0 Å². The summed E-state index contributed by atoms with van der Waals surface area (Å²) >= 11 is 1.10. The fraction of sp³-hybridized carbons (Fsp3) is 0.381. The second-order valence-corrected chi connectivity index (χ2v) is 8.06. The molecule has 5 nitrogen and oxygen atoms in total. The van der Waals surface area contributed by atoms with Crippen LogP contribution in [0.4, 0.5) is 24.0 Å². The van der Waals surface area contributed by atoms with Crippen LogP contribution in [0.3, 0.4) is 0 Å². The van der Waals surface area contributed by atoms with Crippen LogP contribution in [0, 0.1) is 0 Å². The maximum atomic E-state index is 13.0. The number of hydrogen-bond acceptors (Lipinski definition) is 4. The number of thiazole rings is 1. The molecule has 9 heteroatoms. The summed E-state index contributed by atoms with van der Waals surface area (Å²) in [6.07, 6.45) is -1.58. The predicted molar refractivity (Wildman–Crippen MR) is 113 cm³/mol. The first-order valence-electron chi connectivity index (χ1n) is 9.35. The molecule has 1 aromatic heterocycles. The highest BCUT2D eigenvalue weighted by molar-refractivity contribution is 7.14. The number of anilines is 2. The maximum absolute atomic E-state index is 13.0. The summed E-state index contributed by atoms with van der Waals surface area (Å²) in [5.74, 6) is -0.642. The first-order chi connectivity index (χ1) is 13.9. The summed E-state index contributed by atoms with van der Waals surface area (Å²) in [6, 6.07) is 4.57. The summed E-state index contributed by atoms with van der Waals surface area (Å²) < 4.78 is 39.1. The molecule has 0 aliphatic heterocycles. The molecule has 0 bridgehead atoms. The van der Waals surface area contributed by atoms with Crippen LogP contribution < -0.4 is 4.90 Å². The van der Waals surface area contributed by atoms with E-state index >= 15 is 0 Å². The molecule has 162 valence electrons. The number of carbonyl (C=O) groups excluding carboxylic acids is 2. The molecule has 0 fully saturated rings. The molecule has 1 aromatic carbocycles. The summed E-state index contributed by atoms with van der Waals surface area (Å²) in [6.45, 7) is 8.95. The van der Waals surface area contributed by atoms with E-state index in [4.69, 9.17) is 0 Å². The van der Waals surface area contributed by atoms with Gasteiger partial charge in [-0.05, 0) is 52.0 Å². The highest BCUT2D eigenvalue weighted by Crippen LogP contribution is 2.35. The number of carbonyl (C=O) groups is 2. The molecule has 0 radical (unpaired) electrons. The lowest BCUT2D eigenvalue weighted by molar-refractivity contribution is -0.137. The molecule has 0 N–H and O–H groups in total. The zero-order valence-electron chi connectivity index (χ0n) is 17.4. The van der Waals surface area contributed by atoms with Crippen LogP contribution in [0.25, 0.3) is 6.08 Å². The van der Waals surface area contributed by atoms with Gasteiger partial charge in [0, 0.05) is 30.5 Å². The van der Waals surface area contributed by atoms with E-state index in [-0.39, 0.29) is 28.8 Å².